The fourth-order valence-electron chi connectivity index (χ4n) is 3.60. The van der Waals surface area contributed by atoms with Crippen LogP contribution in [0.15, 0.2) is 29.8 Å². The van der Waals surface area contributed by atoms with E-state index >= 15 is 0 Å². The molecule has 0 N–H and O–H groups in total. The third-order valence-electron chi connectivity index (χ3n) is 5.04. The number of amides is 1. The van der Waals surface area contributed by atoms with Crippen LogP contribution in [0.25, 0.3) is 16.8 Å². The van der Waals surface area contributed by atoms with Gasteiger partial charge in [0.15, 0.2) is 11.8 Å². The fourth-order valence-corrected chi connectivity index (χ4v) is 4.13. The zero-order valence-electron chi connectivity index (χ0n) is 18.1. The van der Waals surface area contributed by atoms with Gasteiger partial charge in [0.25, 0.3) is 0 Å². The van der Waals surface area contributed by atoms with Crippen LogP contribution in [-0.2, 0) is 9.47 Å². The standard InChI is InChI=1S/C22H25N5O3S/c1-22(2,3)30-21(28)26-7-5-6-14(11-26)17-12-27-18(15-8-16(9-23)29-13-15)10-24-19(27)20(25-17)31-4/h6,10,12-13,16H,5,7-8,11H2,1-4H3. The molecule has 2 aliphatic rings. The van der Waals surface area contributed by atoms with Crippen LogP contribution in [0.4, 0.5) is 4.79 Å². The van der Waals surface area contributed by atoms with Crippen molar-refractivity contribution in [1.82, 2.24) is 19.3 Å². The van der Waals surface area contributed by atoms with E-state index in [2.05, 4.69) is 17.1 Å². The number of aromatic nitrogens is 3. The maximum absolute atomic E-state index is 12.6. The monoisotopic (exact) mass is 439 g/mol. The van der Waals surface area contributed by atoms with Gasteiger partial charge in [-0.3, -0.25) is 4.40 Å². The lowest BCUT2D eigenvalue weighted by Crippen LogP contribution is -2.39. The lowest BCUT2D eigenvalue weighted by molar-refractivity contribution is 0.0273. The van der Waals surface area contributed by atoms with Crippen molar-refractivity contribution in [2.24, 2.45) is 0 Å². The molecule has 2 aromatic heterocycles. The molecule has 0 saturated carbocycles. The molecular weight excluding hydrogens is 414 g/mol. The summed E-state index contributed by atoms with van der Waals surface area (Å²) in [7, 11) is 0. The summed E-state index contributed by atoms with van der Waals surface area (Å²) in [4.78, 5) is 23.6. The van der Waals surface area contributed by atoms with E-state index in [0.717, 1.165) is 39.6 Å². The van der Waals surface area contributed by atoms with Gasteiger partial charge in [0, 0.05) is 24.7 Å². The average Bonchev–Trinajstić information content (AvgIpc) is 3.38. The lowest BCUT2D eigenvalue weighted by Gasteiger charge is -2.30. The van der Waals surface area contributed by atoms with Crippen molar-refractivity contribution >= 4 is 34.6 Å². The van der Waals surface area contributed by atoms with Gasteiger partial charge in [0.05, 0.1) is 30.4 Å². The maximum atomic E-state index is 12.6. The van der Waals surface area contributed by atoms with Crippen molar-refractivity contribution in [2.75, 3.05) is 19.3 Å². The third-order valence-corrected chi connectivity index (χ3v) is 5.70. The van der Waals surface area contributed by atoms with Crippen LogP contribution in [0.3, 0.4) is 0 Å². The van der Waals surface area contributed by atoms with Gasteiger partial charge in [0.1, 0.15) is 16.7 Å². The Hall–Kier alpha value is -2.99. The highest BCUT2D eigenvalue weighted by molar-refractivity contribution is 7.98. The highest BCUT2D eigenvalue weighted by Crippen LogP contribution is 2.31. The van der Waals surface area contributed by atoms with E-state index in [1.54, 1.807) is 17.4 Å². The molecule has 1 amide bonds. The number of ether oxygens (including phenoxy) is 2. The Kier molecular flexibility index (Phi) is 5.67. The first-order valence-corrected chi connectivity index (χ1v) is 11.4. The molecule has 1 atom stereocenters. The van der Waals surface area contributed by atoms with Crippen LogP contribution in [0, 0.1) is 11.3 Å². The molecule has 9 heteroatoms. The van der Waals surface area contributed by atoms with Gasteiger partial charge in [-0.15, -0.1) is 11.8 Å². The molecule has 162 valence electrons. The number of thioether (sulfide) groups is 1. The van der Waals surface area contributed by atoms with Gasteiger partial charge >= 0.3 is 6.09 Å². The van der Waals surface area contributed by atoms with E-state index in [9.17, 15) is 4.79 Å². The van der Waals surface area contributed by atoms with E-state index in [1.165, 1.54) is 11.8 Å². The predicted molar refractivity (Wildman–Crippen MR) is 118 cm³/mol. The summed E-state index contributed by atoms with van der Waals surface area (Å²) in [6.45, 7) is 6.65. The molecule has 1 unspecified atom stereocenters. The molecule has 2 aliphatic heterocycles. The third kappa shape index (κ3) is 4.39. The van der Waals surface area contributed by atoms with Crippen LogP contribution >= 0.6 is 11.8 Å². The quantitative estimate of drug-likeness (QED) is 0.664. The fraction of sp³-hybridized carbons (Fsp3) is 0.455. The second-order valence-corrected chi connectivity index (χ2v) is 9.29. The SMILES string of the molecule is CSc1nc(C2=CCCN(C(=O)OC(C)(C)C)C2)cn2c(C3=COC(C#N)C3)cnc12. The number of fused-ring (bicyclic) bond motifs is 1. The first-order chi connectivity index (χ1) is 14.8. The summed E-state index contributed by atoms with van der Waals surface area (Å²) in [5.41, 5.74) is 3.80. The van der Waals surface area contributed by atoms with Crippen molar-refractivity contribution in [2.45, 2.75) is 50.3 Å². The van der Waals surface area contributed by atoms with Crippen molar-refractivity contribution in [3.8, 4) is 6.07 Å². The van der Waals surface area contributed by atoms with Crippen LogP contribution in [0.5, 0.6) is 0 Å². The van der Waals surface area contributed by atoms with E-state index in [1.807, 2.05) is 37.6 Å². The maximum Gasteiger partial charge on any atom is 0.410 e. The Morgan fingerprint density at radius 1 is 1.39 bits per heavy atom. The number of hydrogen-bond donors (Lipinski definition) is 0. The smallest absolute Gasteiger partial charge is 0.410 e. The molecule has 0 bridgehead atoms. The van der Waals surface area contributed by atoms with Gasteiger partial charge in [-0.25, -0.2) is 14.8 Å². The number of hydrogen-bond acceptors (Lipinski definition) is 7. The van der Waals surface area contributed by atoms with Crippen molar-refractivity contribution in [3.05, 3.63) is 36.1 Å². The molecule has 4 heterocycles. The van der Waals surface area contributed by atoms with Crippen LogP contribution in [-0.4, -0.2) is 56.4 Å². The lowest BCUT2D eigenvalue weighted by atomic mass is 10.1. The number of nitrogens with zero attached hydrogens (tertiary/aromatic N) is 5. The Labute approximate surface area is 185 Å². The minimum atomic E-state index is -0.536. The summed E-state index contributed by atoms with van der Waals surface area (Å²) in [6, 6.07) is 2.14. The van der Waals surface area contributed by atoms with Gasteiger partial charge in [-0.1, -0.05) is 6.08 Å². The van der Waals surface area contributed by atoms with E-state index < -0.39 is 11.7 Å². The second-order valence-electron chi connectivity index (χ2n) is 8.49. The summed E-state index contributed by atoms with van der Waals surface area (Å²) in [5.74, 6) is 0. The molecule has 0 saturated heterocycles. The minimum Gasteiger partial charge on any atom is -0.482 e. The summed E-state index contributed by atoms with van der Waals surface area (Å²) < 4.78 is 13.0. The summed E-state index contributed by atoms with van der Waals surface area (Å²) in [6.07, 6.45) is 9.94. The molecule has 8 nitrogen and oxygen atoms in total. The van der Waals surface area contributed by atoms with Crippen LogP contribution in [0.1, 0.15) is 45.0 Å². The zero-order chi connectivity index (χ0) is 22.2. The number of carbonyl (C=O) groups excluding carboxylic acids is 1. The van der Waals surface area contributed by atoms with Crippen LogP contribution < -0.4 is 0 Å². The van der Waals surface area contributed by atoms with Crippen LogP contribution in [0.2, 0.25) is 0 Å². The zero-order valence-corrected chi connectivity index (χ0v) is 18.9. The van der Waals surface area contributed by atoms with Crippen molar-refractivity contribution in [3.63, 3.8) is 0 Å². The first kappa shape index (κ1) is 21.2. The van der Waals surface area contributed by atoms with Gasteiger partial charge in [-0.05, 0) is 39.0 Å². The Morgan fingerprint density at radius 2 is 2.19 bits per heavy atom. The molecule has 0 aliphatic carbocycles. The van der Waals surface area contributed by atoms with Crippen molar-refractivity contribution in [1.29, 1.82) is 5.26 Å². The van der Waals surface area contributed by atoms with Gasteiger partial charge < -0.3 is 14.4 Å². The molecule has 0 spiro atoms. The number of carbonyl (C=O) groups is 1. The first-order valence-electron chi connectivity index (χ1n) is 10.1. The van der Waals surface area contributed by atoms with Gasteiger partial charge in [-0.2, -0.15) is 5.26 Å². The number of imidazole rings is 1. The normalized spacial score (nSPS) is 18.9. The summed E-state index contributed by atoms with van der Waals surface area (Å²) >= 11 is 1.52. The largest absolute Gasteiger partial charge is 0.482 e. The minimum absolute atomic E-state index is 0.316. The Balaban J connectivity index is 1.66. The van der Waals surface area contributed by atoms with Crippen molar-refractivity contribution < 1.29 is 14.3 Å². The molecule has 4 rings (SSSR count). The average molecular weight is 440 g/mol. The summed E-state index contributed by atoms with van der Waals surface area (Å²) in [5, 5.41) is 9.94. The Bertz CT molecular complexity index is 1120. The molecule has 31 heavy (non-hydrogen) atoms. The highest BCUT2D eigenvalue weighted by Gasteiger charge is 2.27. The van der Waals surface area contributed by atoms with E-state index in [-0.39, 0.29) is 6.09 Å². The molecule has 2 aromatic rings. The number of rotatable bonds is 3. The van der Waals surface area contributed by atoms with E-state index in [4.69, 9.17) is 19.7 Å². The molecule has 0 aromatic carbocycles. The number of nitriles is 1. The Morgan fingerprint density at radius 3 is 2.87 bits per heavy atom. The second kappa shape index (κ2) is 8.27. The molecule has 0 radical (unpaired) electrons. The topological polar surface area (TPSA) is 92.8 Å². The highest BCUT2D eigenvalue weighted by atomic mass is 32.2. The molecule has 0 fully saturated rings. The van der Waals surface area contributed by atoms with E-state index in [0.29, 0.717) is 19.5 Å². The predicted octanol–water partition coefficient (Wildman–Crippen LogP) is 4.13. The van der Waals surface area contributed by atoms with Gasteiger partial charge in [0.2, 0.25) is 0 Å². The molecular formula is C22H25N5O3S.